The fraction of sp³-hybridized carbons (Fsp3) is 0.909. The van der Waals surface area contributed by atoms with Gasteiger partial charge < -0.3 is 4.74 Å². The van der Waals surface area contributed by atoms with Gasteiger partial charge in [0.1, 0.15) is 0 Å². The number of nitrogens with zero attached hydrogens (tertiary/aromatic N) is 1. The Morgan fingerprint density at radius 3 is 2.23 bits per heavy atom. The van der Waals surface area contributed by atoms with E-state index in [-0.39, 0.29) is 10.8 Å². The Morgan fingerprint density at radius 1 is 1.38 bits per heavy atom. The molecule has 0 bridgehead atoms. The van der Waals surface area contributed by atoms with Gasteiger partial charge in [0.15, 0.2) is 0 Å². The summed E-state index contributed by atoms with van der Waals surface area (Å²) < 4.78 is 5.33. The zero-order valence-corrected chi connectivity index (χ0v) is 8.47. The molecule has 0 aromatic heterocycles. The van der Waals surface area contributed by atoms with Crippen LogP contribution in [0.3, 0.4) is 0 Å². The van der Waals surface area contributed by atoms with E-state index in [1.807, 2.05) is 0 Å². The maximum absolute atomic E-state index is 9.16. The topological polar surface area (TPSA) is 33.0 Å². The first-order valence-corrected chi connectivity index (χ1v) is 5.11. The van der Waals surface area contributed by atoms with Crippen molar-refractivity contribution in [2.45, 2.75) is 33.1 Å². The molecule has 0 aromatic rings. The van der Waals surface area contributed by atoms with Gasteiger partial charge in [-0.2, -0.15) is 5.26 Å². The third-order valence-electron chi connectivity index (χ3n) is 4.13. The molecule has 0 spiro atoms. The van der Waals surface area contributed by atoms with Crippen LogP contribution < -0.4 is 0 Å². The molecular weight excluding hydrogens is 162 g/mol. The van der Waals surface area contributed by atoms with Gasteiger partial charge in [-0.25, -0.2) is 0 Å². The maximum Gasteiger partial charge on any atom is 0.0691 e. The second-order valence-corrected chi connectivity index (χ2v) is 5.01. The van der Waals surface area contributed by atoms with Crippen molar-refractivity contribution < 1.29 is 4.74 Å². The summed E-state index contributed by atoms with van der Waals surface area (Å²) in [5.74, 6) is 0.746. The minimum atomic E-state index is -0.212. The molecule has 0 amide bonds. The van der Waals surface area contributed by atoms with Gasteiger partial charge in [0.25, 0.3) is 0 Å². The molecule has 0 unspecified atom stereocenters. The Morgan fingerprint density at radius 2 is 2.00 bits per heavy atom. The van der Waals surface area contributed by atoms with Crippen LogP contribution in [-0.2, 0) is 4.74 Å². The Labute approximate surface area is 79.9 Å². The van der Waals surface area contributed by atoms with Gasteiger partial charge >= 0.3 is 0 Å². The number of rotatable bonds is 2. The summed E-state index contributed by atoms with van der Waals surface area (Å²) >= 11 is 0. The maximum atomic E-state index is 9.16. The molecule has 1 aliphatic heterocycles. The highest BCUT2D eigenvalue weighted by Crippen LogP contribution is 2.56. The van der Waals surface area contributed by atoms with Crippen LogP contribution >= 0.6 is 0 Å². The number of hydrogen-bond donors (Lipinski definition) is 0. The Bertz CT molecular complexity index is 243. The van der Waals surface area contributed by atoms with Gasteiger partial charge in [-0.1, -0.05) is 6.42 Å². The molecule has 0 atom stereocenters. The van der Waals surface area contributed by atoms with Crippen LogP contribution in [0.15, 0.2) is 0 Å². The van der Waals surface area contributed by atoms with Crippen molar-refractivity contribution in [3.8, 4) is 6.07 Å². The van der Waals surface area contributed by atoms with E-state index in [0.29, 0.717) is 0 Å². The molecule has 2 rings (SSSR count). The van der Waals surface area contributed by atoms with Gasteiger partial charge in [-0.05, 0) is 32.6 Å². The van der Waals surface area contributed by atoms with Crippen molar-refractivity contribution in [2.75, 3.05) is 13.2 Å². The standard InChI is InChI=1S/C11H17NO/c1-10(2,6-12)11(7-13-8-11)9-4-3-5-9/h9H,3-5,7-8H2,1-2H3. The molecule has 2 nitrogen and oxygen atoms in total. The largest absolute Gasteiger partial charge is 0.380 e. The first-order valence-electron chi connectivity index (χ1n) is 5.11. The van der Waals surface area contributed by atoms with Gasteiger partial charge in [-0.15, -0.1) is 0 Å². The van der Waals surface area contributed by atoms with Crippen LogP contribution in [0.4, 0.5) is 0 Å². The van der Waals surface area contributed by atoms with Crippen LogP contribution in [0.5, 0.6) is 0 Å². The van der Waals surface area contributed by atoms with E-state index >= 15 is 0 Å². The quantitative estimate of drug-likeness (QED) is 0.652. The number of nitriles is 1. The summed E-state index contributed by atoms with van der Waals surface area (Å²) in [6, 6.07) is 2.45. The fourth-order valence-corrected chi connectivity index (χ4v) is 2.50. The molecule has 2 aliphatic rings. The Balaban J connectivity index is 2.20. The number of hydrogen-bond acceptors (Lipinski definition) is 2. The van der Waals surface area contributed by atoms with E-state index in [4.69, 9.17) is 10.00 Å². The summed E-state index contributed by atoms with van der Waals surface area (Å²) in [6.07, 6.45) is 3.94. The highest BCUT2D eigenvalue weighted by molar-refractivity contribution is 5.12. The Kier molecular flexibility index (Phi) is 1.89. The minimum absolute atomic E-state index is 0.181. The van der Waals surface area contributed by atoms with Crippen molar-refractivity contribution in [2.24, 2.45) is 16.7 Å². The Hall–Kier alpha value is -0.550. The summed E-state index contributed by atoms with van der Waals surface area (Å²) in [5, 5.41) is 9.16. The van der Waals surface area contributed by atoms with Crippen LogP contribution in [0.2, 0.25) is 0 Å². The van der Waals surface area contributed by atoms with Gasteiger partial charge in [0.2, 0.25) is 0 Å². The van der Waals surface area contributed by atoms with E-state index in [9.17, 15) is 0 Å². The summed E-state index contributed by atoms with van der Waals surface area (Å²) in [5.41, 5.74) is -0.0314. The smallest absolute Gasteiger partial charge is 0.0691 e. The molecule has 1 saturated heterocycles. The first kappa shape index (κ1) is 9.02. The van der Waals surface area contributed by atoms with Crippen LogP contribution in [0.1, 0.15) is 33.1 Å². The lowest BCUT2D eigenvalue weighted by molar-refractivity contribution is -0.205. The highest BCUT2D eigenvalue weighted by atomic mass is 16.5. The molecule has 0 radical (unpaired) electrons. The van der Waals surface area contributed by atoms with Gasteiger partial charge in [-0.3, -0.25) is 0 Å². The van der Waals surface area contributed by atoms with E-state index in [1.54, 1.807) is 0 Å². The van der Waals surface area contributed by atoms with Crippen molar-refractivity contribution in [1.29, 1.82) is 5.26 Å². The first-order chi connectivity index (χ1) is 6.12. The third kappa shape index (κ3) is 1.03. The second-order valence-electron chi connectivity index (χ2n) is 5.01. The molecule has 1 heterocycles. The minimum Gasteiger partial charge on any atom is -0.380 e. The van der Waals surface area contributed by atoms with E-state index < -0.39 is 0 Å². The highest BCUT2D eigenvalue weighted by Gasteiger charge is 2.57. The van der Waals surface area contributed by atoms with E-state index in [2.05, 4.69) is 19.9 Å². The summed E-state index contributed by atoms with van der Waals surface area (Å²) in [6.45, 7) is 5.73. The molecule has 0 N–H and O–H groups in total. The van der Waals surface area contributed by atoms with Crippen LogP contribution in [-0.4, -0.2) is 13.2 Å². The monoisotopic (exact) mass is 179 g/mol. The average Bonchev–Trinajstić information content (AvgIpc) is 1.92. The van der Waals surface area contributed by atoms with Crippen LogP contribution in [0, 0.1) is 28.1 Å². The lowest BCUT2D eigenvalue weighted by Crippen LogP contribution is -2.58. The van der Waals surface area contributed by atoms with Crippen molar-refractivity contribution >= 4 is 0 Å². The fourth-order valence-electron chi connectivity index (χ4n) is 2.50. The average molecular weight is 179 g/mol. The lowest BCUT2D eigenvalue weighted by atomic mass is 9.53. The zero-order chi connectivity index (χ0) is 9.53. The predicted molar refractivity (Wildman–Crippen MR) is 50.0 cm³/mol. The second kappa shape index (κ2) is 2.72. The zero-order valence-electron chi connectivity index (χ0n) is 8.47. The van der Waals surface area contributed by atoms with E-state index in [1.165, 1.54) is 19.3 Å². The molecule has 13 heavy (non-hydrogen) atoms. The molecule has 1 saturated carbocycles. The SMILES string of the molecule is CC(C)(C#N)C1(C2CCC2)COC1. The molecule has 1 aliphatic carbocycles. The normalized spacial score (nSPS) is 27.2. The molecule has 72 valence electrons. The summed E-state index contributed by atoms with van der Waals surface area (Å²) in [7, 11) is 0. The summed E-state index contributed by atoms with van der Waals surface area (Å²) in [4.78, 5) is 0. The molecule has 2 fully saturated rings. The molecule has 2 heteroatoms. The van der Waals surface area contributed by atoms with E-state index in [0.717, 1.165) is 19.1 Å². The van der Waals surface area contributed by atoms with Crippen LogP contribution in [0.25, 0.3) is 0 Å². The van der Waals surface area contributed by atoms with Crippen molar-refractivity contribution in [3.63, 3.8) is 0 Å². The predicted octanol–water partition coefficient (Wildman–Crippen LogP) is 2.35. The van der Waals surface area contributed by atoms with Crippen molar-refractivity contribution in [3.05, 3.63) is 0 Å². The number of ether oxygens (including phenoxy) is 1. The lowest BCUT2D eigenvalue weighted by Gasteiger charge is -2.56. The molecular formula is C11H17NO. The van der Waals surface area contributed by atoms with Gasteiger partial charge in [0, 0.05) is 5.41 Å². The third-order valence-corrected chi connectivity index (χ3v) is 4.13. The van der Waals surface area contributed by atoms with Gasteiger partial charge in [0.05, 0.1) is 24.7 Å². The van der Waals surface area contributed by atoms with Crippen molar-refractivity contribution in [1.82, 2.24) is 0 Å². The molecule has 0 aromatic carbocycles.